The second-order valence-electron chi connectivity index (χ2n) is 13.4. The van der Waals surface area contributed by atoms with Gasteiger partial charge in [-0.3, -0.25) is 23.9 Å². The lowest BCUT2D eigenvalue weighted by atomic mass is 9.73. The number of benzene rings is 2. The molecule has 7 rings (SSSR count). The second-order valence-corrected chi connectivity index (χ2v) is 15.2. The number of alkyl halides is 5. The topological polar surface area (TPSA) is 150 Å². The largest absolute Gasteiger partial charge is 0.435 e. The Balaban J connectivity index is 1.34. The zero-order valence-corrected chi connectivity index (χ0v) is 29.0. The van der Waals surface area contributed by atoms with Crippen LogP contribution in [0, 0.1) is 24.5 Å². The Morgan fingerprint density at radius 2 is 1.77 bits per heavy atom. The number of pyridine rings is 1. The molecule has 280 valence electrons. The number of amides is 1. The Hall–Kier alpha value is -5.20. The second kappa shape index (κ2) is 12.4. The van der Waals surface area contributed by atoms with Crippen LogP contribution in [0.2, 0.25) is 0 Å². The van der Waals surface area contributed by atoms with E-state index in [1.165, 1.54) is 10.7 Å². The number of carbonyl (C=O) groups is 1. The highest BCUT2D eigenvalue weighted by Crippen LogP contribution is 2.64. The maximum atomic E-state index is 15.5. The van der Waals surface area contributed by atoms with Crippen molar-refractivity contribution in [3.63, 3.8) is 0 Å². The van der Waals surface area contributed by atoms with E-state index in [2.05, 4.69) is 25.2 Å². The molecule has 2 aliphatic carbocycles. The lowest BCUT2D eigenvalue weighted by molar-refractivity contribution is -0.144. The van der Waals surface area contributed by atoms with Crippen molar-refractivity contribution >= 4 is 38.3 Å². The molecule has 5 aromatic rings. The van der Waals surface area contributed by atoms with Crippen molar-refractivity contribution < 1.29 is 43.9 Å². The van der Waals surface area contributed by atoms with Crippen LogP contribution in [0.3, 0.4) is 0 Å². The third kappa shape index (κ3) is 6.44. The number of anilines is 2. The number of hydrogen-bond donors (Lipinski definition) is 3. The van der Waals surface area contributed by atoms with Crippen molar-refractivity contribution in [2.75, 3.05) is 16.7 Å². The minimum atomic E-state index is -5.06. The van der Waals surface area contributed by atoms with E-state index < -0.39 is 81.0 Å². The van der Waals surface area contributed by atoms with Gasteiger partial charge in [0.1, 0.15) is 23.9 Å². The van der Waals surface area contributed by atoms with Crippen molar-refractivity contribution in [1.29, 1.82) is 0 Å². The smallest absolute Gasteiger partial charge is 0.397 e. The minimum absolute atomic E-state index is 0.0109. The Kier molecular flexibility index (Phi) is 8.50. The minimum Gasteiger partial charge on any atom is -0.397 e. The number of rotatable bonds is 9. The summed E-state index contributed by atoms with van der Waals surface area (Å²) in [7, 11) is -2.20. The molecule has 0 radical (unpaired) electrons. The van der Waals surface area contributed by atoms with Crippen LogP contribution < -0.4 is 15.8 Å². The molecule has 1 fully saturated rings. The fourth-order valence-electron chi connectivity index (χ4n) is 7.44. The van der Waals surface area contributed by atoms with Crippen molar-refractivity contribution in [1.82, 2.24) is 29.9 Å². The molecule has 0 aliphatic heterocycles. The van der Waals surface area contributed by atoms with Gasteiger partial charge >= 0.3 is 6.18 Å². The van der Waals surface area contributed by atoms with Crippen LogP contribution in [0.1, 0.15) is 58.7 Å². The highest BCUT2D eigenvalue weighted by Gasteiger charge is 2.63. The first-order valence-electron chi connectivity index (χ1n) is 16.2. The Bertz CT molecular complexity index is 2410. The van der Waals surface area contributed by atoms with Crippen LogP contribution in [0.25, 0.3) is 22.0 Å². The summed E-state index contributed by atoms with van der Waals surface area (Å²) < 4.78 is 130. The normalized spacial score (nSPS) is 18.4. The third-order valence-corrected chi connectivity index (χ3v) is 10.3. The summed E-state index contributed by atoms with van der Waals surface area (Å²) in [6, 6.07) is 7.78. The number of fused-ring (bicyclic) bond motifs is 4. The number of aryl methyl sites for hydroxylation is 2. The Labute approximate surface area is 297 Å². The van der Waals surface area contributed by atoms with Crippen LogP contribution in [-0.2, 0) is 46.9 Å². The quantitative estimate of drug-likeness (QED) is 0.154. The number of nitrogen functional groups attached to an aromatic ring is 1. The fraction of sp³-hybridized carbons (Fsp3) is 0.353. The molecule has 0 spiro atoms. The number of aromatic nitrogens is 5. The standard InChI is InChI=1S/C34H31F7N8O3S/c1-15-24(42)13-22(19-5-4-6-21-29(19)48(2)46-32(21)47-53(3,51)52)28(43-15)25(11-16-9-17(35)12-18(36)10-16)44-26(50)14-49-31-27(30(45-49)34(39,40)41)20-7-8-23(20)33(31,37)38/h4-6,9-10,12-13,20,23,25H,7-8,11,14,42H2,1-3H3,(H,44,50)(H,46,47)/t20-,23+,25-/m0/s1. The molecule has 11 nitrogen and oxygen atoms in total. The molecule has 3 atom stereocenters. The first-order chi connectivity index (χ1) is 24.7. The summed E-state index contributed by atoms with van der Waals surface area (Å²) in [5, 5.41) is 10.8. The molecule has 3 aromatic heterocycles. The van der Waals surface area contributed by atoms with Crippen molar-refractivity contribution in [2.24, 2.45) is 13.0 Å². The average molecular weight is 765 g/mol. The van der Waals surface area contributed by atoms with Crippen molar-refractivity contribution in [2.45, 2.75) is 56.8 Å². The van der Waals surface area contributed by atoms with E-state index in [0.29, 0.717) is 27.2 Å². The van der Waals surface area contributed by atoms with Crippen LogP contribution in [0.5, 0.6) is 0 Å². The lowest BCUT2D eigenvalue weighted by Crippen LogP contribution is -2.36. The molecule has 19 heteroatoms. The number of halogens is 7. The molecule has 0 bridgehead atoms. The van der Waals surface area contributed by atoms with Gasteiger partial charge in [-0.05, 0) is 61.9 Å². The van der Waals surface area contributed by atoms with Gasteiger partial charge in [-0.25, -0.2) is 17.2 Å². The first-order valence-corrected chi connectivity index (χ1v) is 18.1. The monoisotopic (exact) mass is 764 g/mol. The van der Waals surface area contributed by atoms with E-state index in [1.807, 2.05) is 0 Å². The zero-order chi connectivity index (χ0) is 38.4. The maximum absolute atomic E-state index is 15.5. The molecule has 1 amide bonds. The van der Waals surface area contributed by atoms with Gasteiger partial charge in [0.05, 0.1) is 34.9 Å². The summed E-state index contributed by atoms with van der Waals surface area (Å²) in [4.78, 5) is 18.4. The van der Waals surface area contributed by atoms with Crippen molar-refractivity contribution in [3.8, 4) is 11.1 Å². The molecule has 2 aliphatic rings. The molecular weight excluding hydrogens is 733 g/mol. The van der Waals surface area contributed by atoms with Gasteiger partial charge in [-0.2, -0.15) is 32.1 Å². The van der Waals surface area contributed by atoms with Gasteiger partial charge in [0, 0.05) is 41.1 Å². The Morgan fingerprint density at radius 3 is 2.40 bits per heavy atom. The maximum Gasteiger partial charge on any atom is 0.435 e. The summed E-state index contributed by atoms with van der Waals surface area (Å²) >= 11 is 0. The van der Waals surface area contributed by atoms with Gasteiger partial charge in [0.25, 0.3) is 5.92 Å². The van der Waals surface area contributed by atoms with E-state index in [-0.39, 0.29) is 53.3 Å². The van der Waals surface area contributed by atoms with Gasteiger partial charge < -0.3 is 11.1 Å². The molecule has 2 aromatic carbocycles. The lowest BCUT2D eigenvalue weighted by Gasteiger charge is -2.34. The van der Waals surface area contributed by atoms with Gasteiger partial charge in [-0.15, -0.1) is 0 Å². The molecule has 1 saturated carbocycles. The van der Waals surface area contributed by atoms with E-state index >= 15 is 8.78 Å². The van der Waals surface area contributed by atoms with Crippen LogP contribution in [0.4, 0.5) is 42.2 Å². The summed E-state index contributed by atoms with van der Waals surface area (Å²) in [5.41, 5.74) is 4.95. The third-order valence-electron chi connectivity index (χ3n) is 9.72. The summed E-state index contributed by atoms with van der Waals surface area (Å²) in [6.07, 6.45) is -4.28. The zero-order valence-electron chi connectivity index (χ0n) is 28.2. The fourth-order valence-corrected chi connectivity index (χ4v) is 7.94. The number of nitrogens with one attached hydrogen (secondary N) is 2. The van der Waals surface area contributed by atoms with E-state index in [0.717, 1.165) is 18.4 Å². The number of para-hydroxylation sites is 1. The van der Waals surface area contributed by atoms with Gasteiger partial charge in [0.2, 0.25) is 15.9 Å². The highest BCUT2D eigenvalue weighted by molar-refractivity contribution is 7.92. The van der Waals surface area contributed by atoms with Gasteiger partial charge in [-0.1, -0.05) is 12.1 Å². The number of carbonyl (C=O) groups excluding carboxylic acids is 1. The van der Waals surface area contributed by atoms with E-state index in [1.54, 1.807) is 32.2 Å². The molecule has 53 heavy (non-hydrogen) atoms. The summed E-state index contributed by atoms with van der Waals surface area (Å²) in [5.74, 6) is -8.94. The predicted molar refractivity (Wildman–Crippen MR) is 179 cm³/mol. The van der Waals surface area contributed by atoms with E-state index in [9.17, 15) is 35.2 Å². The van der Waals surface area contributed by atoms with Crippen LogP contribution >= 0.6 is 0 Å². The first kappa shape index (κ1) is 36.2. The van der Waals surface area contributed by atoms with E-state index in [4.69, 9.17) is 5.73 Å². The number of hydrogen-bond acceptors (Lipinski definition) is 7. The van der Waals surface area contributed by atoms with Crippen LogP contribution in [0.15, 0.2) is 42.5 Å². The molecule has 4 N–H and O–H groups in total. The highest BCUT2D eigenvalue weighted by atomic mass is 32.2. The van der Waals surface area contributed by atoms with Crippen LogP contribution in [-0.4, -0.2) is 45.1 Å². The predicted octanol–water partition coefficient (Wildman–Crippen LogP) is 6.09. The van der Waals surface area contributed by atoms with Crippen molar-refractivity contribution in [3.05, 3.63) is 88.0 Å². The Morgan fingerprint density at radius 1 is 1.08 bits per heavy atom. The SMILES string of the molecule is Cc1nc([C@H](Cc2cc(F)cc(F)c2)NC(=O)Cn2nc(C(F)(F)F)c3c2C(F)(F)[C@@H]2CC[C@H]32)c(-c2cccc3c(NS(C)(=O)=O)nn(C)c23)cc1N. The number of nitrogens with two attached hydrogens (primary N) is 1. The molecule has 3 heterocycles. The summed E-state index contributed by atoms with van der Waals surface area (Å²) in [6.45, 7) is 0.521. The van der Waals surface area contributed by atoms with Gasteiger partial charge in [0.15, 0.2) is 11.5 Å². The average Bonchev–Trinajstić information content (AvgIpc) is 3.58. The number of nitrogens with zero attached hydrogens (tertiary/aromatic N) is 5. The molecular formula is C34H31F7N8O3S. The molecule has 0 saturated heterocycles. The molecule has 0 unspecified atom stereocenters. The number of sulfonamides is 1.